The van der Waals surface area contributed by atoms with Gasteiger partial charge in [-0.3, -0.25) is 0 Å². The molecule has 0 radical (unpaired) electrons. The molecule has 0 aliphatic carbocycles. The zero-order valence-electron chi connectivity index (χ0n) is 8.25. The number of thiophene rings is 1. The lowest BCUT2D eigenvalue weighted by Crippen LogP contribution is -1.71. The zero-order chi connectivity index (χ0) is 10.4. The fourth-order valence-electron chi connectivity index (χ4n) is 1.90. The first kappa shape index (κ1) is 9.20. The van der Waals surface area contributed by atoms with Crippen LogP contribution in [0.4, 0.5) is 0 Å². The van der Waals surface area contributed by atoms with Crippen LogP contribution in [0.25, 0.3) is 20.2 Å². The third-order valence-electron chi connectivity index (χ3n) is 2.60. The molecule has 0 saturated heterocycles. The van der Waals surface area contributed by atoms with Crippen molar-refractivity contribution >= 4 is 43.1 Å². The Hall–Kier alpha value is -1.05. The first-order valence-corrected chi connectivity index (χ1v) is 6.02. The average Bonchev–Trinajstić information content (AvgIpc) is 2.57. The molecule has 0 aliphatic heterocycles. The number of halogens is 1. The summed E-state index contributed by atoms with van der Waals surface area (Å²) in [5, 5.41) is 3.33. The van der Waals surface area contributed by atoms with Crippen molar-refractivity contribution < 1.29 is 0 Å². The molecule has 0 N–H and O–H groups in total. The molecule has 0 atom stereocenters. The van der Waals surface area contributed by atoms with Crippen LogP contribution in [0.5, 0.6) is 0 Å². The highest BCUT2D eigenvalue weighted by molar-refractivity contribution is 7.25. The van der Waals surface area contributed by atoms with Crippen LogP contribution in [0.15, 0.2) is 36.4 Å². The summed E-state index contributed by atoms with van der Waals surface area (Å²) in [5.41, 5.74) is 1.28. The second-order valence-electron chi connectivity index (χ2n) is 3.71. The number of benzene rings is 2. The van der Waals surface area contributed by atoms with Crippen LogP contribution in [-0.2, 0) is 0 Å². The van der Waals surface area contributed by atoms with Crippen LogP contribution in [-0.4, -0.2) is 0 Å². The Morgan fingerprint density at radius 1 is 1.07 bits per heavy atom. The maximum Gasteiger partial charge on any atom is 0.0499 e. The van der Waals surface area contributed by atoms with E-state index in [1.807, 2.05) is 12.1 Å². The second-order valence-corrected chi connectivity index (χ2v) is 5.21. The molecule has 0 unspecified atom stereocenters. The van der Waals surface area contributed by atoms with Gasteiger partial charge in [-0.25, -0.2) is 0 Å². The van der Waals surface area contributed by atoms with E-state index in [0.717, 1.165) is 5.02 Å². The molecular weight excluding hydrogens is 224 g/mol. The van der Waals surface area contributed by atoms with E-state index in [4.69, 9.17) is 11.6 Å². The third-order valence-corrected chi connectivity index (χ3v) is 4.05. The normalized spacial score (nSPS) is 11.3. The maximum absolute atomic E-state index is 6.24. The van der Waals surface area contributed by atoms with Gasteiger partial charge in [-0.2, -0.15) is 0 Å². The molecule has 2 heteroatoms. The topological polar surface area (TPSA) is 0 Å². The average molecular weight is 233 g/mol. The molecule has 0 amide bonds. The van der Waals surface area contributed by atoms with E-state index >= 15 is 0 Å². The molecule has 1 heterocycles. The summed E-state index contributed by atoms with van der Waals surface area (Å²) >= 11 is 8.04. The Balaban J connectivity index is 2.61. The fourth-order valence-corrected chi connectivity index (χ4v) is 3.34. The minimum atomic E-state index is 0.851. The van der Waals surface area contributed by atoms with Crippen molar-refractivity contribution in [3.63, 3.8) is 0 Å². The highest BCUT2D eigenvalue weighted by atomic mass is 35.5. The summed E-state index contributed by atoms with van der Waals surface area (Å²) in [5.74, 6) is 0. The van der Waals surface area contributed by atoms with Gasteiger partial charge in [-0.1, -0.05) is 29.3 Å². The van der Waals surface area contributed by atoms with Crippen LogP contribution in [0.2, 0.25) is 5.02 Å². The van der Waals surface area contributed by atoms with E-state index in [1.165, 1.54) is 25.7 Å². The fraction of sp³-hybridized carbons (Fsp3) is 0.0769. The van der Waals surface area contributed by atoms with Crippen molar-refractivity contribution in [1.29, 1.82) is 0 Å². The van der Waals surface area contributed by atoms with Crippen LogP contribution in [0.3, 0.4) is 0 Å². The van der Waals surface area contributed by atoms with Crippen LogP contribution < -0.4 is 0 Å². The zero-order valence-corrected chi connectivity index (χ0v) is 9.82. The van der Waals surface area contributed by atoms with Crippen LogP contribution in [0.1, 0.15) is 5.56 Å². The molecule has 0 fully saturated rings. The molecule has 2 aromatic carbocycles. The molecular formula is C13H9ClS. The third kappa shape index (κ3) is 1.35. The monoisotopic (exact) mass is 232 g/mol. The highest BCUT2D eigenvalue weighted by Gasteiger charge is 2.07. The minimum Gasteiger partial charge on any atom is -0.135 e. The molecule has 15 heavy (non-hydrogen) atoms. The molecule has 3 aromatic rings. The number of hydrogen-bond donors (Lipinski definition) is 0. The molecule has 1 aromatic heterocycles. The molecule has 0 saturated carbocycles. The van der Waals surface area contributed by atoms with Crippen molar-refractivity contribution in [2.24, 2.45) is 0 Å². The SMILES string of the molecule is Cc1ccc2sc3cccc(Cl)c3c2c1. The van der Waals surface area contributed by atoms with Gasteiger partial charge < -0.3 is 0 Å². The van der Waals surface area contributed by atoms with Crippen molar-refractivity contribution in [3.05, 3.63) is 47.0 Å². The van der Waals surface area contributed by atoms with Gasteiger partial charge in [0.05, 0.1) is 0 Å². The van der Waals surface area contributed by atoms with Gasteiger partial charge in [0.15, 0.2) is 0 Å². The largest absolute Gasteiger partial charge is 0.135 e. The number of rotatable bonds is 0. The second kappa shape index (κ2) is 3.22. The highest BCUT2D eigenvalue weighted by Crippen LogP contribution is 2.38. The van der Waals surface area contributed by atoms with Gasteiger partial charge in [-0.15, -0.1) is 11.3 Å². The Bertz CT molecular complexity index is 652. The number of fused-ring (bicyclic) bond motifs is 3. The van der Waals surface area contributed by atoms with Gasteiger partial charge in [0.2, 0.25) is 0 Å². The maximum atomic E-state index is 6.24. The van der Waals surface area contributed by atoms with Crippen LogP contribution in [0, 0.1) is 6.92 Å². The lowest BCUT2D eigenvalue weighted by atomic mass is 10.1. The van der Waals surface area contributed by atoms with Gasteiger partial charge >= 0.3 is 0 Å². The lowest BCUT2D eigenvalue weighted by Gasteiger charge is -1.95. The minimum absolute atomic E-state index is 0.851. The van der Waals surface area contributed by atoms with Crippen molar-refractivity contribution in [2.45, 2.75) is 6.92 Å². The summed E-state index contributed by atoms with van der Waals surface area (Å²) in [6.45, 7) is 2.11. The summed E-state index contributed by atoms with van der Waals surface area (Å²) in [7, 11) is 0. The quantitative estimate of drug-likeness (QED) is 0.511. The van der Waals surface area contributed by atoms with E-state index < -0.39 is 0 Å². The molecule has 0 aliphatic rings. The standard InChI is InChI=1S/C13H9ClS/c1-8-5-6-11-9(7-8)13-10(14)3-2-4-12(13)15-11/h2-7H,1H3. The van der Waals surface area contributed by atoms with E-state index in [2.05, 4.69) is 31.2 Å². The summed E-state index contributed by atoms with van der Waals surface area (Å²) in [4.78, 5) is 0. The van der Waals surface area contributed by atoms with Gasteiger partial charge in [-0.05, 0) is 31.2 Å². The Morgan fingerprint density at radius 3 is 2.80 bits per heavy atom. The predicted molar refractivity (Wildman–Crippen MR) is 69.1 cm³/mol. The smallest absolute Gasteiger partial charge is 0.0499 e. The van der Waals surface area contributed by atoms with Crippen LogP contribution >= 0.6 is 22.9 Å². The Kier molecular flexibility index (Phi) is 1.98. The van der Waals surface area contributed by atoms with Gasteiger partial charge in [0, 0.05) is 25.2 Å². The Morgan fingerprint density at radius 2 is 1.93 bits per heavy atom. The van der Waals surface area contributed by atoms with E-state index in [9.17, 15) is 0 Å². The first-order valence-electron chi connectivity index (χ1n) is 4.83. The summed E-state index contributed by atoms with van der Waals surface area (Å²) in [6, 6.07) is 12.6. The summed E-state index contributed by atoms with van der Waals surface area (Å²) in [6.07, 6.45) is 0. The van der Waals surface area contributed by atoms with Crippen molar-refractivity contribution in [1.82, 2.24) is 0 Å². The van der Waals surface area contributed by atoms with E-state index in [1.54, 1.807) is 11.3 Å². The summed E-state index contributed by atoms with van der Waals surface area (Å²) < 4.78 is 2.58. The van der Waals surface area contributed by atoms with Crippen molar-refractivity contribution in [2.75, 3.05) is 0 Å². The number of hydrogen-bond acceptors (Lipinski definition) is 1. The van der Waals surface area contributed by atoms with Gasteiger partial charge in [0.25, 0.3) is 0 Å². The molecule has 0 nitrogen and oxygen atoms in total. The lowest BCUT2D eigenvalue weighted by molar-refractivity contribution is 1.52. The Labute approximate surface area is 97.1 Å². The number of aryl methyl sites for hydroxylation is 1. The molecule has 0 spiro atoms. The molecule has 74 valence electrons. The first-order chi connectivity index (χ1) is 7.25. The van der Waals surface area contributed by atoms with E-state index in [-0.39, 0.29) is 0 Å². The van der Waals surface area contributed by atoms with E-state index in [0.29, 0.717) is 0 Å². The predicted octanol–water partition coefficient (Wildman–Crippen LogP) is 5.02. The van der Waals surface area contributed by atoms with Gasteiger partial charge in [0.1, 0.15) is 0 Å². The molecule has 0 bridgehead atoms. The van der Waals surface area contributed by atoms with Crippen molar-refractivity contribution in [3.8, 4) is 0 Å². The molecule has 3 rings (SSSR count).